The molecular formula is C25H20. The number of fused-ring (bicyclic) bond motifs is 2. The van der Waals surface area contributed by atoms with Gasteiger partial charge in [0, 0.05) is 11.8 Å². The van der Waals surface area contributed by atoms with Crippen LogP contribution in [0.2, 0.25) is 0 Å². The lowest BCUT2D eigenvalue weighted by molar-refractivity contribution is 0.831. The van der Waals surface area contributed by atoms with E-state index in [-0.39, 0.29) is 0 Å². The van der Waals surface area contributed by atoms with Crippen molar-refractivity contribution in [1.82, 2.24) is 0 Å². The van der Waals surface area contributed by atoms with Crippen LogP contribution >= 0.6 is 0 Å². The average Bonchev–Trinajstić information content (AvgIpc) is 3.27. The first kappa shape index (κ1) is 14.5. The number of benzene rings is 3. The second-order valence-corrected chi connectivity index (χ2v) is 6.96. The van der Waals surface area contributed by atoms with Gasteiger partial charge in [-0.3, -0.25) is 0 Å². The molecule has 0 aromatic heterocycles. The van der Waals surface area contributed by atoms with E-state index in [9.17, 15) is 0 Å². The Labute approximate surface area is 149 Å². The summed E-state index contributed by atoms with van der Waals surface area (Å²) in [5, 5.41) is 0. The van der Waals surface area contributed by atoms with Gasteiger partial charge in [0.25, 0.3) is 0 Å². The van der Waals surface area contributed by atoms with Crippen molar-refractivity contribution in [2.45, 2.75) is 18.3 Å². The van der Waals surface area contributed by atoms with Crippen LogP contribution in [0.4, 0.5) is 0 Å². The van der Waals surface area contributed by atoms with E-state index in [0.29, 0.717) is 11.8 Å². The molecule has 2 atom stereocenters. The lowest BCUT2D eigenvalue weighted by atomic mass is 9.85. The average molecular weight is 320 g/mol. The largest absolute Gasteiger partial charge is 0.0760 e. The van der Waals surface area contributed by atoms with Crippen molar-refractivity contribution < 1.29 is 0 Å². The zero-order valence-electron chi connectivity index (χ0n) is 14.1. The number of hydrogen-bond donors (Lipinski definition) is 0. The molecule has 0 saturated carbocycles. The monoisotopic (exact) mass is 320 g/mol. The topological polar surface area (TPSA) is 0 Å². The van der Waals surface area contributed by atoms with E-state index in [1.54, 1.807) is 0 Å². The fourth-order valence-electron chi connectivity index (χ4n) is 4.28. The summed E-state index contributed by atoms with van der Waals surface area (Å²) in [4.78, 5) is 0. The molecule has 120 valence electrons. The van der Waals surface area contributed by atoms with Crippen molar-refractivity contribution in [3.63, 3.8) is 0 Å². The van der Waals surface area contributed by atoms with Gasteiger partial charge in [-0.1, -0.05) is 97.1 Å². The Hall–Kier alpha value is -2.86. The molecule has 0 N–H and O–H groups in total. The molecule has 0 radical (unpaired) electrons. The minimum absolute atomic E-state index is 0.382. The quantitative estimate of drug-likeness (QED) is 0.539. The second-order valence-electron chi connectivity index (χ2n) is 6.96. The molecule has 0 spiro atoms. The van der Waals surface area contributed by atoms with Gasteiger partial charge in [-0.25, -0.2) is 0 Å². The minimum Gasteiger partial charge on any atom is -0.0760 e. The Bertz CT molecular complexity index is 990. The molecule has 0 heteroatoms. The highest BCUT2D eigenvalue weighted by molar-refractivity contribution is 5.66. The van der Waals surface area contributed by atoms with Gasteiger partial charge in [-0.15, -0.1) is 0 Å². The van der Waals surface area contributed by atoms with Crippen molar-refractivity contribution in [3.05, 3.63) is 118 Å². The van der Waals surface area contributed by atoms with Gasteiger partial charge in [0.1, 0.15) is 0 Å². The zero-order chi connectivity index (χ0) is 16.6. The van der Waals surface area contributed by atoms with Gasteiger partial charge in [-0.05, 0) is 39.8 Å². The van der Waals surface area contributed by atoms with Crippen LogP contribution in [0.1, 0.15) is 45.2 Å². The molecule has 25 heavy (non-hydrogen) atoms. The Kier molecular flexibility index (Phi) is 3.41. The highest BCUT2D eigenvalue weighted by atomic mass is 14.3. The maximum Gasteiger partial charge on any atom is 0.0281 e. The van der Waals surface area contributed by atoms with E-state index in [2.05, 4.69) is 97.1 Å². The summed E-state index contributed by atoms with van der Waals surface area (Å²) in [6, 6.07) is 26.5. The molecule has 3 aromatic rings. The molecule has 0 aliphatic heterocycles. The molecule has 0 fully saturated rings. The van der Waals surface area contributed by atoms with Crippen LogP contribution in [-0.2, 0) is 6.42 Å². The SMILES string of the molecule is C1=CC(Cc2ccccc2C2C=Cc3ccccc32)c2ccccc21. The Balaban J connectivity index is 1.51. The van der Waals surface area contributed by atoms with E-state index in [1.807, 2.05) is 0 Å². The zero-order valence-corrected chi connectivity index (χ0v) is 14.1. The standard InChI is InChI=1S/C25H20/c1-4-10-22-18(7-1)13-14-21(22)17-20-9-3-6-12-24(20)25-16-15-19-8-2-5-11-23(19)25/h1-16,21,25H,17H2. The minimum atomic E-state index is 0.382. The molecule has 5 rings (SSSR count). The second kappa shape index (κ2) is 5.89. The normalized spacial score (nSPS) is 19.8. The van der Waals surface area contributed by atoms with Crippen LogP contribution in [0.15, 0.2) is 84.9 Å². The molecule has 0 heterocycles. The van der Waals surface area contributed by atoms with Gasteiger partial charge < -0.3 is 0 Å². The van der Waals surface area contributed by atoms with E-state index in [4.69, 9.17) is 0 Å². The third-order valence-electron chi connectivity index (χ3n) is 5.53. The van der Waals surface area contributed by atoms with Crippen LogP contribution in [0, 0.1) is 0 Å². The van der Waals surface area contributed by atoms with Gasteiger partial charge in [-0.2, -0.15) is 0 Å². The first-order valence-corrected chi connectivity index (χ1v) is 9.02. The summed E-state index contributed by atoms with van der Waals surface area (Å²) >= 11 is 0. The Morgan fingerprint density at radius 2 is 1.16 bits per heavy atom. The molecule has 3 aromatic carbocycles. The van der Waals surface area contributed by atoms with Crippen LogP contribution in [-0.4, -0.2) is 0 Å². The van der Waals surface area contributed by atoms with Gasteiger partial charge >= 0.3 is 0 Å². The maximum absolute atomic E-state index is 2.36. The van der Waals surface area contributed by atoms with Gasteiger partial charge in [0.2, 0.25) is 0 Å². The Morgan fingerprint density at radius 3 is 2.00 bits per heavy atom. The van der Waals surface area contributed by atoms with Gasteiger partial charge in [0.05, 0.1) is 0 Å². The van der Waals surface area contributed by atoms with Crippen molar-refractivity contribution in [2.75, 3.05) is 0 Å². The van der Waals surface area contributed by atoms with E-state index >= 15 is 0 Å². The molecule has 0 saturated heterocycles. The molecule has 2 aliphatic rings. The summed E-state index contributed by atoms with van der Waals surface area (Å²) < 4.78 is 0. The number of hydrogen-bond acceptors (Lipinski definition) is 0. The molecular weight excluding hydrogens is 300 g/mol. The smallest absolute Gasteiger partial charge is 0.0281 e. The van der Waals surface area contributed by atoms with Crippen LogP contribution in [0.3, 0.4) is 0 Å². The van der Waals surface area contributed by atoms with Crippen molar-refractivity contribution >= 4 is 12.2 Å². The van der Waals surface area contributed by atoms with Crippen LogP contribution in [0.5, 0.6) is 0 Å². The fourth-order valence-corrected chi connectivity index (χ4v) is 4.28. The molecule has 2 unspecified atom stereocenters. The van der Waals surface area contributed by atoms with E-state index in [1.165, 1.54) is 33.4 Å². The predicted molar refractivity (Wildman–Crippen MR) is 106 cm³/mol. The summed E-state index contributed by atoms with van der Waals surface area (Å²) in [5.41, 5.74) is 8.52. The molecule has 0 nitrogen and oxygen atoms in total. The highest BCUT2D eigenvalue weighted by Crippen LogP contribution is 2.39. The first-order valence-electron chi connectivity index (χ1n) is 9.02. The first-order chi connectivity index (χ1) is 12.4. The fraction of sp³-hybridized carbons (Fsp3) is 0.120. The van der Waals surface area contributed by atoms with E-state index < -0.39 is 0 Å². The lowest BCUT2D eigenvalue weighted by Gasteiger charge is -2.19. The molecule has 2 aliphatic carbocycles. The van der Waals surface area contributed by atoms with Crippen LogP contribution < -0.4 is 0 Å². The van der Waals surface area contributed by atoms with Crippen LogP contribution in [0.25, 0.3) is 12.2 Å². The lowest BCUT2D eigenvalue weighted by Crippen LogP contribution is -2.05. The highest BCUT2D eigenvalue weighted by Gasteiger charge is 2.23. The molecule has 0 amide bonds. The summed E-state index contributed by atoms with van der Waals surface area (Å²) in [7, 11) is 0. The number of allylic oxidation sites excluding steroid dienone is 2. The summed E-state index contributed by atoms with van der Waals surface area (Å²) in [6.07, 6.45) is 10.3. The number of rotatable bonds is 3. The van der Waals surface area contributed by atoms with E-state index in [0.717, 1.165) is 6.42 Å². The van der Waals surface area contributed by atoms with Crippen molar-refractivity contribution in [1.29, 1.82) is 0 Å². The molecule has 0 bridgehead atoms. The Morgan fingerprint density at radius 1 is 0.560 bits per heavy atom. The summed E-state index contributed by atoms with van der Waals surface area (Å²) in [6.45, 7) is 0. The third kappa shape index (κ3) is 2.46. The third-order valence-corrected chi connectivity index (χ3v) is 5.53. The summed E-state index contributed by atoms with van der Waals surface area (Å²) in [5.74, 6) is 0.867. The maximum atomic E-state index is 2.36. The van der Waals surface area contributed by atoms with Crippen molar-refractivity contribution in [3.8, 4) is 0 Å². The van der Waals surface area contributed by atoms with Gasteiger partial charge in [0.15, 0.2) is 0 Å². The predicted octanol–water partition coefficient (Wildman–Crippen LogP) is 6.20. The van der Waals surface area contributed by atoms with Crippen molar-refractivity contribution in [2.24, 2.45) is 0 Å².